The van der Waals surface area contributed by atoms with E-state index in [1.54, 1.807) is 5.75 Å². The van der Waals surface area contributed by atoms with Crippen molar-refractivity contribution in [1.29, 1.82) is 0 Å². The van der Waals surface area contributed by atoms with Gasteiger partial charge in [0.15, 0.2) is 0 Å². The lowest BCUT2D eigenvalue weighted by Crippen LogP contribution is -2.21. The molecule has 4 nitrogen and oxygen atoms in total. The molecule has 0 aromatic heterocycles. The van der Waals surface area contributed by atoms with Crippen LogP contribution in [0.15, 0.2) is 0 Å². The van der Waals surface area contributed by atoms with Gasteiger partial charge in [-0.2, -0.15) is 0 Å². The SMILES string of the molecule is NCCOCCOCCN(F)CCCCC1C2C3CS132. The van der Waals surface area contributed by atoms with Gasteiger partial charge in [0, 0.05) is 28.8 Å². The van der Waals surface area contributed by atoms with Gasteiger partial charge in [0.05, 0.1) is 33.0 Å². The number of unbranched alkanes of at least 4 members (excludes halogenated alkanes) is 1. The van der Waals surface area contributed by atoms with E-state index in [0.29, 0.717) is 46.1 Å². The molecule has 1 spiro atoms. The molecule has 0 bridgehead atoms. The molecule has 20 heavy (non-hydrogen) atoms. The summed E-state index contributed by atoms with van der Waals surface area (Å²) in [7, 11) is 0.101. The van der Waals surface area contributed by atoms with E-state index in [9.17, 15) is 4.48 Å². The van der Waals surface area contributed by atoms with Crippen molar-refractivity contribution in [3.8, 4) is 0 Å². The van der Waals surface area contributed by atoms with Crippen LogP contribution in [0.4, 0.5) is 4.48 Å². The highest BCUT2D eigenvalue weighted by Crippen LogP contribution is 3.09. The first-order chi connectivity index (χ1) is 9.80. The normalized spacial score (nSPS) is 39.0. The van der Waals surface area contributed by atoms with Crippen LogP contribution in [0.5, 0.6) is 0 Å². The van der Waals surface area contributed by atoms with E-state index in [4.69, 9.17) is 15.2 Å². The third kappa shape index (κ3) is 3.14. The molecule has 0 saturated carbocycles. The highest BCUT2D eigenvalue weighted by Gasteiger charge is 2.93. The third-order valence-electron chi connectivity index (χ3n) is 4.80. The molecule has 3 aliphatic heterocycles. The van der Waals surface area contributed by atoms with E-state index >= 15 is 0 Å². The van der Waals surface area contributed by atoms with Crippen LogP contribution in [0.3, 0.4) is 0 Å². The summed E-state index contributed by atoms with van der Waals surface area (Å²) < 4.78 is 23.9. The van der Waals surface area contributed by atoms with Gasteiger partial charge in [-0.05, 0) is 18.6 Å². The third-order valence-corrected chi connectivity index (χ3v) is 9.60. The Bertz CT molecular complexity index is 336. The molecule has 6 heteroatoms. The van der Waals surface area contributed by atoms with Crippen molar-refractivity contribution in [2.24, 2.45) is 5.73 Å². The summed E-state index contributed by atoms with van der Waals surface area (Å²) in [4.78, 5) is 0. The molecule has 3 heterocycles. The number of halogens is 1. The minimum atomic E-state index is 0.101. The summed E-state index contributed by atoms with van der Waals surface area (Å²) in [6.45, 7) is 3.49. The van der Waals surface area contributed by atoms with Gasteiger partial charge in [-0.3, -0.25) is 0 Å². The average Bonchev–Trinajstić information content (AvgIpc) is 3.34. The van der Waals surface area contributed by atoms with Crippen LogP contribution in [0.25, 0.3) is 0 Å². The standard InChI is InChI=1S/C14H27FN2O2S/c15-17(6-8-19-10-9-18-7-4-16)5-2-1-3-12-14-13-11-20(12,13)14/h12-14H,1-11,16H2. The number of hydrogen-bond donors (Lipinski definition) is 1. The zero-order valence-corrected chi connectivity index (χ0v) is 13.0. The summed E-state index contributed by atoms with van der Waals surface area (Å²) >= 11 is 0. The zero-order valence-electron chi connectivity index (χ0n) is 12.1. The number of ether oxygens (including phenoxy) is 2. The lowest BCUT2D eigenvalue weighted by atomic mass is 10.1. The number of nitrogens with zero attached hydrogens (tertiary/aromatic N) is 1. The van der Waals surface area contributed by atoms with Gasteiger partial charge in [0.25, 0.3) is 0 Å². The first-order valence-corrected chi connectivity index (χ1v) is 9.83. The number of rotatable bonds is 13. The van der Waals surface area contributed by atoms with E-state index in [1.807, 2.05) is 0 Å². The van der Waals surface area contributed by atoms with Gasteiger partial charge in [-0.1, -0.05) is 6.42 Å². The molecule has 4 unspecified atom stereocenters. The molecule has 0 aliphatic carbocycles. The summed E-state index contributed by atoms with van der Waals surface area (Å²) in [6.07, 6.45) is 3.57. The Morgan fingerprint density at radius 2 is 1.85 bits per heavy atom. The second-order valence-corrected chi connectivity index (χ2v) is 9.94. The molecular weight excluding hydrogens is 279 g/mol. The molecule has 3 fully saturated rings. The van der Waals surface area contributed by atoms with Crippen molar-refractivity contribution in [2.75, 3.05) is 51.8 Å². The largest absolute Gasteiger partial charge is 0.378 e. The van der Waals surface area contributed by atoms with Crippen LogP contribution < -0.4 is 5.73 Å². The first-order valence-electron chi connectivity index (χ1n) is 7.84. The van der Waals surface area contributed by atoms with Gasteiger partial charge in [0.1, 0.15) is 0 Å². The molecule has 0 radical (unpaired) electrons. The maximum atomic E-state index is 13.5. The van der Waals surface area contributed by atoms with Crippen molar-refractivity contribution < 1.29 is 14.0 Å². The lowest BCUT2D eigenvalue weighted by molar-refractivity contribution is -0.0183. The van der Waals surface area contributed by atoms with Crippen LogP contribution in [-0.4, -0.2) is 72.7 Å². The summed E-state index contributed by atoms with van der Waals surface area (Å²) in [5, 5.41) is 4.45. The minimum Gasteiger partial charge on any atom is -0.378 e. The summed E-state index contributed by atoms with van der Waals surface area (Å²) in [5.41, 5.74) is 5.29. The Morgan fingerprint density at radius 1 is 1.10 bits per heavy atom. The second kappa shape index (κ2) is 6.48. The highest BCUT2D eigenvalue weighted by atomic mass is 32.3. The summed E-state index contributed by atoms with van der Waals surface area (Å²) in [5.74, 6) is 1.60. The Morgan fingerprint density at radius 3 is 2.50 bits per heavy atom. The number of fused-ring (bicyclic) bond motifs is 1. The second-order valence-electron chi connectivity index (χ2n) is 6.04. The van der Waals surface area contributed by atoms with Gasteiger partial charge in [-0.15, -0.1) is 9.60 Å². The maximum Gasteiger partial charge on any atom is 0.0701 e. The highest BCUT2D eigenvalue weighted by molar-refractivity contribution is 8.54. The number of hydrogen-bond acceptors (Lipinski definition) is 4. The van der Waals surface area contributed by atoms with Crippen LogP contribution >= 0.6 is 10.0 Å². The quantitative estimate of drug-likeness (QED) is 0.316. The molecule has 2 N–H and O–H groups in total. The van der Waals surface area contributed by atoms with E-state index in [2.05, 4.69) is 0 Å². The van der Waals surface area contributed by atoms with E-state index < -0.39 is 0 Å². The lowest BCUT2D eigenvalue weighted by Gasteiger charge is -2.12. The first kappa shape index (κ1) is 15.0. The zero-order chi connectivity index (χ0) is 14.0. The van der Waals surface area contributed by atoms with Crippen molar-refractivity contribution in [3.05, 3.63) is 0 Å². The fraction of sp³-hybridized carbons (Fsp3) is 1.00. The van der Waals surface area contributed by atoms with Crippen LogP contribution in [-0.2, 0) is 9.47 Å². The molecule has 4 atom stereocenters. The molecule has 0 aromatic rings. The fourth-order valence-corrected chi connectivity index (χ4v) is 8.76. The maximum absolute atomic E-state index is 13.5. The van der Waals surface area contributed by atoms with Crippen molar-refractivity contribution >= 4 is 10.0 Å². The Labute approximate surface area is 122 Å². The van der Waals surface area contributed by atoms with Crippen molar-refractivity contribution in [2.45, 2.75) is 35.0 Å². The van der Waals surface area contributed by atoms with E-state index in [1.165, 1.54) is 23.3 Å². The molecule has 3 rings (SSSR count). The van der Waals surface area contributed by atoms with Crippen LogP contribution in [0.1, 0.15) is 19.3 Å². The topological polar surface area (TPSA) is 47.7 Å². The average molecular weight is 306 g/mol. The molecular formula is C14H27FN2O2S. The van der Waals surface area contributed by atoms with Crippen molar-refractivity contribution in [1.82, 2.24) is 5.12 Å². The van der Waals surface area contributed by atoms with Gasteiger partial charge >= 0.3 is 0 Å². The number of nitrogens with two attached hydrogens (primary N) is 1. The van der Waals surface area contributed by atoms with E-state index in [0.717, 1.165) is 16.8 Å². The Balaban J connectivity index is 1.07. The minimum absolute atomic E-state index is 0.101. The van der Waals surface area contributed by atoms with Gasteiger partial charge < -0.3 is 15.2 Å². The van der Waals surface area contributed by atoms with E-state index in [-0.39, 0.29) is 10.0 Å². The van der Waals surface area contributed by atoms with Gasteiger partial charge in [-0.25, -0.2) is 10.0 Å². The van der Waals surface area contributed by atoms with Crippen molar-refractivity contribution in [3.63, 3.8) is 0 Å². The molecule has 118 valence electrons. The Hall–Kier alpha value is 0.120. The smallest absolute Gasteiger partial charge is 0.0701 e. The monoisotopic (exact) mass is 306 g/mol. The fourth-order valence-electron chi connectivity index (χ4n) is 3.42. The molecule has 0 aromatic carbocycles. The predicted molar refractivity (Wildman–Crippen MR) is 81.0 cm³/mol. The molecule has 3 aliphatic rings. The molecule has 0 amide bonds. The molecule has 3 saturated heterocycles. The Kier molecular flexibility index (Phi) is 4.87. The van der Waals surface area contributed by atoms with Crippen LogP contribution in [0.2, 0.25) is 0 Å². The predicted octanol–water partition coefficient (Wildman–Crippen LogP) is 1.29. The van der Waals surface area contributed by atoms with Crippen LogP contribution in [0, 0.1) is 0 Å². The van der Waals surface area contributed by atoms with Gasteiger partial charge in [0.2, 0.25) is 0 Å². The summed E-state index contributed by atoms with van der Waals surface area (Å²) in [6, 6.07) is 0.